The van der Waals surface area contributed by atoms with Crippen LogP contribution in [-0.2, 0) is 17.8 Å². The molecule has 0 atom stereocenters. The predicted molar refractivity (Wildman–Crippen MR) is 168 cm³/mol. The van der Waals surface area contributed by atoms with E-state index in [1.165, 1.54) is 6.07 Å². The topological polar surface area (TPSA) is 100 Å². The van der Waals surface area contributed by atoms with E-state index in [1.54, 1.807) is 43.8 Å². The normalized spacial score (nSPS) is 13.8. The van der Waals surface area contributed by atoms with Crippen LogP contribution in [0.1, 0.15) is 38.3 Å². The van der Waals surface area contributed by atoms with Gasteiger partial charge in [0.1, 0.15) is 5.82 Å². The molecular formula is C33H37FN8O2. The highest BCUT2D eigenvalue weighted by Gasteiger charge is 2.16. The summed E-state index contributed by atoms with van der Waals surface area (Å²) in [4.78, 5) is 26.3. The highest BCUT2D eigenvalue weighted by atomic mass is 19.1. The second-order valence-electron chi connectivity index (χ2n) is 10.9. The zero-order valence-electron chi connectivity index (χ0n) is 25.5. The van der Waals surface area contributed by atoms with Crippen molar-refractivity contribution in [1.82, 2.24) is 29.5 Å². The molecule has 4 aromatic rings. The van der Waals surface area contributed by atoms with E-state index in [2.05, 4.69) is 54.4 Å². The Morgan fingerprint density at radius 3 is 2.55 bits per heavy atom. The Bertz CT molecular complexity index is 1670. The number of aromatic nitrogens is 4. The molecule has 1 amide bonds. The molecule has 2 N–H and O–H groups in total. The fraction of sp³-hybridized carbons (Fsp3) is 0.333. The molecule has 0 radical (unpaired) electrons. The Hall–Kier alpha value is -4.63. The number of likely N-dealkylation sites (N-methyl/N-ethyl adjacent to an activating group) is 1. The van der Waals surface area contributed by atoms with Crippen molar-refractivity contribution < 1.29 is 13.9 Å². The van der Waals surface area contributed by atoms with Gasteiger partial charge in [-0.05, 0) is 50.7 Å². The van der Waals surface area contributed by atoms with Gasteiger partial charge in [0.15, 0.2) is 0 Å². The molecule has 0 spiro atoms. The minimum absolute atomic E-state index is 0.326. The van der Waals surface area contributed by atoms with Crippen molar-refractivity contribution in [2.45, 2.75) is 26.9 Å². The van der Waals surface area contributed by atoms with E-state index < -0.39 is 0 Å². The number of carbonyl (C=O) groups is 1. The summed E-state index contributed by atoms with van der Waals surface area (Å²) in [7, 11) is 3.75. The maximum Gasteiger partial charge on any atom is 0.255 e. The lowest BCUT2D eigenvalue weighted by molar-refractivity contribution is 0.102. The van der Waals surface area contributed by atoms with Crippen LogP contribution in [0.2, 0.25) is 0 Å². The summed E-state index contributed by atoms with van der Waals surface area (Å²) >= 11 is 0. The molecule has 44 heavy (non-hydrogen) atoms. The third-order valence-corrected chi connectivity index (χ3v) is 7.51. The first kappa shape index (κ1) is 30.8. The molecule has 2 aromatic carbocycles. The summed E-state index contributed by atoms with van der Waals surface area (Å²) in [6, 6.07) is 10.2. The van der Waals surface area contributed by atoms with Gasteiger partial charge in [-0.25, -0.2) is 14.4 Å². The van der Waals surface area contributed by atoms with E-state index in [9.17, 15) is 9.18 Å². The molecule has 2 aromatic heterocycles. The van der Waals surface area contributed by atoms with Crippen LogP contribution in [0, 0.1) is 31.5 Å². The van der Waals surface area contributed by atoms with Gasteiger partial charge in [-0.1, -0.05) is 24.0 Å². The van der Waals surface area contributed by atoms with Crippen molar-refractivity contribution in [3.8, 4) is 11.8 Å². The maximum absolute atomic E-state index is 14.9. The molecule has 3 heterocycles. The summed E-state index contributed by atoms with van der Waals surface area (Å²) < 4.78 is 21.8. The van der Waals surface area contributed by atoms with Crippen LogP contribution >= 0.6 is 0 Å². The van der Waals surface area contributed by atoms with E-state index in [4.69, 9.17) is 4.74 Å². The number of methoxy groups -OCH3 is 1. The monoisotopic (exact) mass is 596 g/mol. The van der Waals surface area contributed by atoms with Crippen LogP contribution in [0.25, 0.3) is 0 Å². The summed E-state index contributed by atoms with van der Waals surface area (Å²) in [5.74, 6) is 5.97. The van der Waals surface area contributed by atoms with Crippen molar-refractivity contribution in [1.29, 1.82) is 0 Å². The number of nitrogens with zero attached hydrogens (tertiary/aromatic N) is 6. The van der Waals surface area contributed by atoms with Crippen molar-refractivity contribution >= 4 is 23.2 Å². The number of halogens is 1. The molecule has 0 saturated carbocycles. The molecule has 5 rings (SSSR count). The van der Waals surface area contributed by atoms with Gasteiger partial charge in [0.25, 0.3) is 5.91 Å². The Labute approximate surface area is 257 Å². The molecule has 0 aliphatic carbocycles. The molecule has 228 valence electrons. The Morgan fingerprint density at radius 1 is 1.05 bits per heavy atom. The number of carbonyl (C=O) groups excluding carboxylic acids is 1. The predicted octanol–water partition coefficient (Wildman–Crippen LogP) is 4.22. The first-order valence-corrected chi connectivity index (χ1v) is 14.5. The molecule has 0 unspecified atom stereocenters. The number of piperazine rings is 1. The van der Waals surface area contributed by atoms with Crippen LogP contribution in [0.15, 0.2) is 55.0 Å². The summed E-state index contributed by atoms with van der Waals surface area (Å²) in [6.45, 7) is 9.38. The SMILES string of the molecule is COCCn1cc(Nc2ncc(C#Cc3cc(C(=O)Nc4ccc(CN5CCN(C)CC5)c(F)c4)ccc3C)cn2)c(C)n1. The van der Waals surface area contributed by atoms with Crippen molar-refractivity contribution in [3.63, 3.8) is 0 Å². The van der Waals surface area contributed by atoms with Gasteiger partial charge < -0.3 is 20.3 Å². The fourth-order valence-corrected chi connectivity index (χ4v) is 4.76. The first-order valence-electron chi connectivity index (χ1n) is 14.5. The summed E-state index contributed by atoms with van der Waals surface area (Å²) in [5, 5.41) is 10.4. The molecule has 1 aliphatic heterocycles. The largest absolute Gasteiger partial charge is 0.383 e. The summed E-state index contributed by atoms with van der Waals surface area (Å²) in [5.41, 5.74) is 5.36. The quantitative estimate of drug-likeness (QED) is 0.277. The minimum atomic E-state index is -0.334. The van der Waals surface area contributed by atoms with Gasteiger partial charge in [-0.3, -0.25) is 14.4 Å². The van der Waals surface area contributed by atoms with Crippen LogP contribution in [0.4, 0.5) is 21.7 Å². The number of benzene rings is 2. The van der Waals surface area contributed by atoms with Crippen molar-refractivity contribution in [3.05, 3.63) is 94.3 Å². The van der Waals surface area contributed by atoms with Crippen LogP contribution in [-0.4, -0.2) is 82.4 Å². The number of amides is 1. The molecule has 0 bridgehead atoms. The lowest BCUT2D eigenvalue weighted by atomic mass is 10.0. The number of hydrogen-bond donors (Lipinski definition) is 2. The first-order chi connectivity index (χ1) is 21.3. The fourth-order valence-electron chi connectivity index (χ4n) is 4.76. The van der Waals surface area contributed by atoms with Crippen molar-refractivity contribution in [2.75, 3.05) is 57.6 Å². The van der Waals surface area contributed by atoms with E-state index in [1.807, 2.05) is 30.8 Å². The smallest absolute Gasteiger partial charge is 0.255 e. The number of anilines is 3. The minimum Gasteiger partial charge on any atom is -0.383 e. The lowest BCUT2D eigenvalue weighted by Gasteiger charge is -2.32. The molecule has 1 saturated heterocycles. The standard InChI is InChI=1S/C33H37FN8O2/c1-23-5-7-27(32(43)37-29-10-9-28(30(34)18-29)21-41-13-11-40(3)12-14-41)17-26(23)8-6-25-19-35-33(36-20-25)38-31-22-42(15-16-44-4)39-24(31)2/h5,7,9-10,17-20,22H,11-16,21H2,1-4H3,(H,37,43)(H,35,36,38). The van der Waals surface area contributed by atoms with E-state index in [0.717, 1.165) is 43.1 Å². The highest BCUT2D eigenvalue weighted by molar-refractivity contribution is 6.04. The van der Waals surface area contributed by atoms with Gasteiger partial charge in [0.05, 0.1) is 30.1 Å². The van der Waals surface area contributed by atoms with E-state index in [0.29, 0.717) is 53.6 Å². The van der Waals surface area contributed by atoms with Crippen LogP contribution in [0.3, 0.4) is 0 Å². The second-order valence-corrected chi connectivity index (χ2v) is 10.9. The van der Waals surface area contributed by atoms with E-state index >= 15 is 0 Å². The Morgan fingerprint density at radius 2 is 1.82 bits per heavy atom. The van der Waals surface area contributed by atoms with E-state index in [-0.39, 0.29) is 11.7 Å². The molecular weight excluding hydrogens is 559 g/mol. The average molecular weight is 597 g/mol. The van der Waals surface area contributed by atoms with Gasteiger partial charge in [0.2, 0.25) is 5.95 Å². The van der Waals surface area contributed by atoms with Crippen LogP contribution < -0.4 is 10.6 Å². The number of aryl methyl sites for hydroxylation is 2. The Balaban J connectivity index is 1.21. The molecule has 1 fully saturated rings. The molecule has 10 nitrogen and oxygen atoms in total. The number of ether oxygens (including phenoxy) is 1. The number of rotatable bonds is 9. The number of nitrogens with one attached hydrogen (secondary N) is 2. The van der Waals surface area contributed by atoms with Crippen molar-refractivity contribution in [2.24, 2.45) is 0 Å². The lowest BCUT2D eigenvalue weighted by Crippen LogP contribution is -2.44. The average Bonchev–Trinajstić information content (AvgIpc) is 3.37. The molecule has 11 heteroatoms. The zero-order valence-corrected chi connectivity index (χ0v) is 25.5. The second kappa shape index (κ2) is 14.2. The summed E-state index contributed by atoms with van der Waals surface area (Å²) in [6.07, 6.45) is 5.17. The van der Waals surface area contributed by atoms with Gasteiger partial charge in [-0.2, -0.15) is 5.10 Å². The third-order valence-electron chi connectivity index (χ3n) is 7.51. The van der Waals surface area contributed by atoms with Gasteiger partial charge in [-0.15, -0.1) is 0 Å². The Kier molecular flexibility index (Phi) is 9.96. The third kappa shape index (κ3) is 8.05. The maximum atomic E-state index is 14.9. The van der Waals surface area contributed by atoms with Gasteiger partial charge in [0, 0.05) is 80.8 Å². The van der Waals surface area contributed by atoms with Crippen LogP contribution in [0.5, 0.6) is 0 Å². The highest BCUT2D eigenvalue weighted by Crippen LogP contribution is 2.20. The van der Waals surface area contributed by atoms with Gasteiger partial charge >= 0.3 is 0 Å². The zero-order chi connectivity index (χ0) is 31.1. The molecule has 1 aliphatic rings. The number of hydrogen-bond acceptors (Lipinski definition) is 8.